The van der Waals surface area contributed by atoms with Crippen molar-refractivity contribution in [2.45, 2.75) is 32.2 Å². The van der Waals surface area contributed by atoms with Crippen LogP contribution in [0.4, 0.5) is 0 Å². The van der Waals surface area contributed by atoms with Crippen LogP contribution >= 0.6 is 28.3 Å². The van der Waals surface area contributed by atoms with Crippen molar-refractivity contribution >= 4 is 28.3 Å². The van der Waals surface area contributed by atoms with Crippen LogP contribution in [-0.2, 0) is 0 Å². The zero-order valence-corrected chi connectivity index (χ0v) is 12.4. The monoisotopic (exact) mass is 319 g/mol. The molecule has 2 N–H and O–H groups in total. The van der Waals surface area contributed by atoms with Crippen molar-refractivity contribution in [1.82, 2.24) is 0 Å². The third kappa shape index (κ3) is 4.16. The standard InChI is InChI=1S/C13H18BrNO.ClH/c1-2-16-13-6-5-10(14)8-11(13)12(15)7-9-3-4-9;/h5-6,8-9,12H,2-4,7,15H2,1H3;1H/t12-;/m1./s1. The molecule has 2 nitrogen and oxygen atoms in total. The molecule has 1 aliphatic carbocycles. The summed E-state index contributed by atoms with van der Waals surface area (Å²) < 4.78 is 6.68. The van der Waals surface area contributed by atoms with Crippen molar-refractivity contribution in [3.63, 3.8) is 0 Å². The van der Waals surface area contributed by atoms with E-state index in [4.69, 9.17) is 10.5 Å². The van der Waals surface area contributed by atoms with Crippen molar-refractivity contribution in [1.29, 1.82) is 0 Å². The Kier molecular flexibility index (Phi) is 5.77. The van der Waals surface area contributed by atoms with Gasteiger partial charge in [-0.15, -0.1) is 12.4 Å². The predicted octanol–water partition coefficient (Wildman–Crippen LogP) is 4.07. The van der Waals surface area contributed by atoms with E-state index in [1.165, 1.54) is 12.8 Å². The number of benzene rings is 1. The summed E-state index contributed by atoms with van der Waals surface area (Å²) in [4.78, 5) is 0. The minimum absolute atomic E-state index is 0. The van der Waals surface area contributed by atoms with E-state index in [1.807, 2.05) is 19.1 Å². The van der Waals surface area contributed by atoms with Gasteiger partial charge in [-0.05, 0) is 37.5 Å². The summed E-state index contributed by atoms with van der Waals surface area (Å²) in [6, 6.07) is 6.18. The first-order chi connectivity index (χ1) is 7.70. The van der Waals surface area contributed by atoms with Crippen molar-refractivity contribution in [3.05, 3.63) is 28.2 Å². The van der Waals surface area contributed by atoms with Gasteiger partial charge in [0.2, 0.25) is 0 Å². The topological polar surface area (TPSA) is 35.2 Å². The summed E-state index contributed by atoms with van der Waals surface area (Å²) in [6.45, 7) is 2.68. The van der Waals surface area contributed by atoms with Gasteiger partial charge in [-0.25, -0.2) is 0 Å². The minimum atomic E-state index is 0. The summed E-state index contributed by atoms with van der Waals surface area (Å²) in [5.74, 6) is 1.77. The zero-order valence-electron chi connectivity index (χ0n) is 9.99. The Morgan fingerprint density at radius 2 is 2.18 bits per heavy atom. The average Bonchev–Trinajstić information content (AvgIpc) is 3.05. The van der Waals surface area contributed by atoms with E-state index in [2.05, 4.69) is 22.0 Å². The van der Waals surface area contributed by atoms with E-state index < -0.39 is 0 Å². The van der Waals surface area contributed by atoms with E-state index in [9.17, 15) is 0 Å². The van der Waals surface area contributed by atoms with Crippen LogP contribution in [0.15, 0.2) is 22.7 Å². The molecule has 1 aromatic carbocycles. The first-order valence-corrected chi connectivity index (χ1v) is 6.67. The first-order valence-electron chi connectivity index (χ1n) is 5.88. The molecule has 0 bridgehead atoms. The lowest BCUT2D eigenvalue weighted by molar-refractivity contribution is 0.333. The summed E-state index contributed by atoms with van der Waals surface area (Å²) in [5, 5.41) is 0. The molecule has 1 fully saturated rings. The largest absolute Gasteiger partial charge is 0.494 e. The van der Waals surface area contributed by atoms with Gasteiger partial charge >= 0.3 is 0 Å². The van der Waals surface area contributed by atoms with Crippen LogP contribution < -0.4 is 10.5 Å². The van der Waals surface area contributed by atoms with E-state index in [1.54, 1.807) is 0 Å². The van der Waals surface area contributed by atoms with Gasteiger partial charge in [-0.3, -0.25) is 0 Å². The van der Waals surface area contributed by atoms with Crippen LogP contribution in [-0.4, -0.2) is 6.61 Å². The predicted molar refractivity (Wildman–Crippen MR) is 76.8 cm³/mol. The van der Waals surface area contributed by atoms with Crippen LogP contribution in [0.5, 0.6) is 5.75 Å². The number of hydrogen-bond donors (Lipinski definition) is 1. The van der Waals surface area contributed by atoms with E-state index in [0.717, 1.165) is 28.1 Å². The zero-order chi connectivity index (χ0) is 11.5. The molecule has 0 radical (unpaired) electrons. The molecule has 0 spiro atoms. The van der Waals surface area contributed by atoms with Gasteiger partial charge in [0.25, 0.3) is 0 Å². The maximum absolute atomic E-state index is 6.24. The Hall–Kier alpha value is -0.250. The molecule has 1 saturated carbocycles. The number of halogens is 2. The van der Waals surface area contributed by atoms with Crippen LogP contribution in [0.25, 0.3) is 0 Å². The lowest BCUT2D eigenvalue weighted by Gasteiger charge is -2.16. The van der Waals surface area contributed by atoms with Gasteiger partial charge in [0, 0.05) is 16.1 Å². The third-order valence-corrected chi connectivity index (χ3v) is 3.45. The SMILES string of the molecule is CCOc1ccc(Br)cc1[C@H](N)CC1CC1.Cl. The smallest absolute Gasteiger partial charge is 0.124 e. The van der Waals surface area contributed by atoms with E-state index >= 15 is 0 Å². The second kappa shape index (κ2) is 6.62. The Balaban J connectivity index is 0.00000144. The molecular weight excluding hydrogens is 302 g/mol. The Bertz CT molecular complexity index is 368. The fourth-order valence-corrected chi connectivity index (χ4v) is 2.31. The van der Waals surface area contributed by atoms with Crippen LogP contribution in [0.2, 0.25) is 0 Å². The highest BCUT2D eigenvalue weighted by Gasteiger charge is 2.25. The molecule has 0 heterocycles. The van der Waals surface area contributed by atoms with Crippen LogP contribution in [0.3, 0.4) is 0 Å². The van der Waals surface area contributed by atoms with Gasteiger partial charge in [0.05, 0.1) is 6.61 Å². The van der Waals surface area contributed by atoms with E-state index in [-0.39, 0.29) is 18.4 Å². The Labute approximate surface area is 117 Å². The molecule has 1 aliphatic rings. The van der Waals surface area contributed by atoms with Crippen molar-refractivity contribution in [2.75, 3.05) is 6.61 Å². The number of nitrogens with two attached hydrogens (primary N) is 1. The summed E-state index contributed by atoms with van der Waals surface area (Å²) in [6.07, 6.45) is 3.76. The van der Waals surface area contributed by atoms with Gasteiger partial charge < -0.3 is 10.5 Å². The number of ether oxygens (including phenoxy) is 1. The highest BCUT2D eigenvalue weighted by molar-refractivity contribution is 9.10. The molecule has 0 saturated heterocycles. The van der Waals surface area contributed by atoms with Crippen molar-refractivity contribution in [2.24, 2.45) is 11.7 Å². The van der Waals surface area contributed by atoms with Crippen molar-refractivity contribution < 1.29 is 4.74 Å². The quantitative estimate of drug-likeness (QED) is 0.887. The highest BCUT2D eigenvalue weighted by atomic mass is 79.9. The lowest BCUT2D eigenvalue weighted by Crippen LogP contribution is -2.13. The van der Waals surface area contributed by atoms with Gasteiger partial charge in [0.1, 0.15) is 5.75 Å². The molecule has 4 heteroatoms. The molecular formula is C13H19BrClNO. The maximum atomic E-state index is 6.24. The van der Waals surface area contributed by atoms with Gasteiger partial charge in [-0.2, -0.15) is 0 Å². The van der Waals surface area contributed by atoms with Crippen molar-refractivity contribution in [3.8, 4) is 5.75 Å². The molecule has 2 rings (SSSR count). The fourth-order valence-electron chi connectivity index (χ4n) is 1.94. The summed E-state index contributed by atoms with van der Waals surface area (Å²) in [7, 11) is 0. The molecule has 0 amide bonds. The normalized spacial score (nSPS) is 16.2. The Morgan fingerprint density at radius 1 is 1.47 bits per heavy atom. The fraction of sp³-hybridized carbons (Fsp3) is 0.538. The molecule has 96 valence electrons. The molecule has 0 aromatic heterocycles. The minimum Gasteiger partial charge on any atom is -0.494 e. The van der Waals surface area contributed by atoms with Gasteiger partial charge in [-0.1, -0.05) is 28.8 Å². The third-order valence-electron chi connectivity index (χ3n) is 2.96. The summed E-state index contributed by atoms with van der Waals surface area (Å²) in [5.41, 5.74) is 7.36. The maximum Gasteiger partial charge on any atom is 0.124 e. The van der Waals surface area contributed by atoms with Crippen LogP contribution in [0.1, 0.15) is 37.8 Å². The number of hydrogen-bond acceptors (Lipinski definition) is 2. The average molecular weight is 321 g/mol. The number of rotatable bonds is 5. The summed E-state index contributed by atoms with van der Waals surface area (Å²) >= 11 is 3.49. The first kappa shape index (κ1) is 14.8. The van der Waals surface area contributed by atoms with Crippen LogP contribution in [0, 0.1) is 5.92 Å². The van der Waals surface area contributed by atoms with E-state index in [0.29, 0.717) is 6.61 Å². The Morgan fingerprint density at radius 3 is 2.76 bits per heavy atom. The highest BCUT2D eigenvalue weighted by Crippen LogP contribution is 2.39. The molecule has 0 unspecified atom stereocenters. The molecule has 0 aliphatic heterocycles. The lowest BCUT2D eigenvalue weighted by atomic mass is 10.0. The molecule has 1 aromatic rings. The van der Waals surface area contributed by atoms with Gasteiger partial charge in [0.15, 0.2) is 0 Å². The molecule has 1 atom stereocenters. The molecule has 17 heavy (non-hydrogen) atoms. The second-order valence-corrected chi connectivity index (χ2v) is 5.32. The second-order valence-electron chi connectivity index (χ2n) is 4.40.